The van der Waals surface area contributed by atoms with Crippen molar-refractivity contribution < 1.29 is 13.6 Å². The molecule has 0 bridgehead atoms. The quantitative estimate of drug-likeness (QED) is 0.691. The van der Waals surface area contributed by atoms with Gasteiger partial charge in [-0.25, -0.2) is 19.0 Å². The Morgan fingerprint density at radius 1 is 1.37 bits per heavy atom. The molecule has 0 aliphatic rings. The zero-order chi connectivity index (χ0) is 19.6. The number of hydrogen-bond donors (Lipinski definition) is 1. The fraction of sp³-hybridized carbons (Fsp3) is 0.167. The summed E-state index contributed by atoms with van der Waals surface area (Å²) in [6.45, 7) is 8.55. The average molecular weight is 368 g/mol. The topological polar surface area (TPSA) is 98.2 Å². The lowest BCUT2D eigenvalue weighted by molar-refractivity contribution is 0.0994. The molecule has 27 heavy (non-hydrogen) atoms. The van der Waals surface area contributed by atoms with Crippen LogP contribution in [0.5, 0.6) is 0 Å². The number of nitrogens with one attached hydrogen (secondary N) is 1. The predicted octanol–water partition coefficient (Wildman–Crippen LogP) is 3.76. The molecular weight excluding hydrogens is 351 g/mol. The third-order valence-electron chi connectivity index (χ3n) is 3.62. The molecule has 9 heteroatoms. The maximum atomic E-state index is 14.3. The summed E-state index contributed by atoms with van der Waals surface area (Å²) in [5.74, 6) is -0.174. The first-order valence-corrected chi connectivity index (χ1v) is 8.04. The summed E-state index contributed by atoms with van der Waals surface area (Å²) >= 11 is 0. The zero-order valence-corrected chi connectivity index (χ0v) is 15.0. The highest BCUT2D eigenvalue weighted by atomic mass is 19.1. The highest BCUT2D eigenvalue weighted by Gasteiger charge is 2.18. The Kier molecular flexibility index (Phi) is 4.93. The van der Waals surface area contributed by atoms with Gasteiger partial charge in [0.05, 0.1) is 11.3 Å². The van der Waals surface area contributed by atoms with E-state index in [2.05, 4.69) is 32.1 Å². The molecule has 0 radical (unpaired) electrons. The second kappa shape index (κ2) is 7.32. The molecule has 0 unspecified atom stereocenters. The van der Waals surface area contributed by atoms with E-state index in [0.29, 0.717) is 17.3 Å². The van der Waals surface area contributed by atoms with Gasteiger partial charge in [0.25, 0.3) is 11.9 Å². The van der Waals surface area contributed by atoms with Gasteiger partial charge in [0, 0.05) is 18.8 Å². The Morgan fingerprint density at radius 3 is 2.78 bits per heavy atom. The molecule has 138 valence electrons. The predicted molar refractivity (Wildman–Crippen MR) is 99.6 cm³/mol. The third kappa shape index (κ3) is 3.66. The summed E-state index contributed by atoms with van der Waals surface area (Å²) in [6, 6.07) is 4.10. The largest absolute Gasteiger partial charge is 0.436 e. The van der Waals surface area contributed by atoms with Gasteiger partial charge >= 0.3 is 0 Å². The number of aryl methyl sites for hydroxylation is 2. The van der Waals surface area contributed by atoms with Crippen LogP contribution in [0.15, 0.2) is 33.7 Å². The average Bonchev–Trinajstić information content (AvgIpc) is 3.19. The van der Waals surface area contributed by atoms with Crippen LogP contribution in [-0.2, 0) is 0 Å². The number of rotatable bonds is 5. The van der Waals surface area contributed by atoms with Crippen molar-refractivity contribution in [3.8, 4) is 11.4 Å². The molecule has 0 spiro atoms. The highest BCUT2D eigenvalue weighted by molar-refractivity contribution is 6.03. The number of nitrogens with zero attached hydrogens (tertiary/aromatic N) is 5. The van der Waals surface area contributed by atoms with Crippen LogP contribution >= 0.6 is 0 Å². The van der Waals surface area contributed by atoms with Crippen LogP contribution in [0, 0.1) is 19.7 Å². The summed E-state index contributed by atoms with van der Waals surface area (Å²) < 4.78 is 21.0. The number of aliphatic imine (C=N–C) groups is 1. The lowest BCUT2D eigenvalue weighted by Crippen LogP contribution is -2.12. The molecule has 0 aliphatic carbocycles. The van der Waals surface area contributed by atoms with E-state index in [0.717, 1.165) is 0 Å². The van der Waals surface area contributed by atoms with E-state index in [4.69, 9.17) is 4.42 Å². The number of carbonyl (C=O) groups is 1. The molecule has 0 saturated carbocycles. The van der Waals surface area contributed by atoms with Crippen molar-refractivity contribution >= 4 is 30.5 Å². The summed E-state index contributed by atoms with van der Waals surface area (Å²) in [4.78, 5) is 24.4. The van der Waals surface area contributed by atoms with Gasteiger partial charge in [0.15, 0.2) is 11.7 Å². The Labute approximate surface area is 154 Å². The van der Waals surface area contributed by atoms with Gasteiger partial charge in [-0.1, -0.05) is 6.08 Å². The molecule has 1 aromatic carbocycles. The zero-order valence-electron chi connectivity index (χ0n) is 15.0. The second-order valence-corrected chi connectivity index (χ2v) is 5.62. The molecule has 1 N–H and O–H groups in total. The van der Waals surface area contributed by atoms with Gasteiger partial charge in [-0.2, -0.15) is 4.98 Å². The third-order valence-corrected chi connectivity index (χ3v) is 3.62. The number of hydrogen-bond acceptors (Lipinski definition) is 6. The molecular formula is C18H17FN6O2. The number of aromatic nitrogens is 4. The fourth-order valence-electron chi connectivity index (χ4n) is 2.48. The van der Waals surface area contributed by atoms with Crippen LogP contribution in [0.3, 0.4) is 0 Å². The van der Waals surface area contributed by atoms with E-state index < -0.39 is 11.7 Å². The van der Waals surface area contributed by atoms with Crippen molar-refractivity contribution in [3.63, 3.8) is 0 Å². The molecule has 3 aromatic rings. The first-order valence-electron chi connectivity index (χ1n) is 8.04. The summed E-state index contributed by atoms with van der Waals surface area (Å²) in [5, 5.41) is 6.86. The molecule has 0 atom stereocenters. The maximum absolute atomic E-state index is 14.3. The van der Waals surface area contributed by atoms with Crippen molar-refractivity contribution in [1.29, 1.82) is 0 Å². The number of carbonyl (C=O) groups excluding carboxylic acids is 1. The molecule has 0 aliphatic heterocycles. The van der Waals surface area contributed by atoms with Crippen molar-refractivity contribution in [2.75, 3.05) is 5.32 Å². The number of allylic oxidation sites excluding steroid dienone is 1. The summed E-state index contributed by atoms with van der Waals surface area (Å²) in [6.07, 6.45) is 3.36. The van der Waals surface area contributed by atoms with Crippen molar-refractivity contribution in [2.45, 2.75) is 20.8 Å². The van der Waals surface area contributed by atoms with E-state index >= 15 is 0 Å². The second-order valence-electron chi connectivity index (χ2n) is 5.62. The number of benzene rings is 1. The summed E-state index contributed by atoms with van der Waals surface area (Å²) in [5.41, 5.74) is 0.951. The summed E-state index contributed by atoms with van der Waals surface area (Å²) in [7, 11) is 0. The molecule has 3 rings (SSSR count). The Hall–Kier alpha value is -3.62. The fourth-order valence-corrected chi connectivity index (χ4v) is 2.48. The smallest absolute Gasteiger partial charge is 0.293 e. The standard InChI is InChI=1S/C18H17FN6O2/c1-5-8-25-18(20-4)23-16(24-25)13-9-12(6-7-14(13)19)22-17(26)15-10(2)21-11(3)27-15/h5-9H,4H2,1-3H3,(H,22,26)/b8-5-. The Bertz CT molecular complexity index is 1050. The van der Waals surface area contributed by atoms with Crippen LogP contribution in [0.25, 0.3) is 17.6 Å². The first kappa shape index (κ1) is 18.2. The van der Waals surface area contributed by atoms with Crippen molar-refractivity contribution in [3.05, 3.63) is 47.4 Å². The van der Waals surface area contributed by atoms with Crippen molar-refractivity contribution in [2.24, 2.45) is 4.99 Å². The molecule has 2 aromatic heterocycles. The van der Waals surface area contributed by atoms with E-state index in [9.17, 15) is 9.18 Å². The molecule has 1 amide bonds. The lowest BCUT2D eigenvalue weighted by Gasteiger charge is -2.06. The van der Waals surface area contributed by atoms with Crippen LogP contribution in [0.4, 0.5) is 16.0 Å². The van der Waals surface area contributed by atoms with Gasteiger partial charge < -0.3 is 9.73 Å². The van der Waals surface area contributed by atoms with E-state index in [1.54, 1.807) is 33.0 Å². The minimum absolute atomic E-state index is 0.104. The SMILES string of the molecule is C=Nc1nc(-c2cc(NC(=O)c3oc(C)nc3C)ccc2F)nn1/C=C\C. The van der Waals surface area contributed by atoms with Gasteiger partial charge in [0.2, 0.25) is 5.76 Å². The molecule has 0 fully saturated rings. The van der Waals surface area contributed by atoms with Crippen molar-refractivity contribution in [1.82, 2.24) is 19.7 Å². The van der Waals surface area contributed by atoms with Gasteiger partial charge in [-0.15, -0.1) is 5.10 Å². The molecule has 2 heterocycles. The van der Waals surface area contributed by atoms with Crippen LogP contribution in [-0.4, -0.2) is 32.4 Å². The van der Waals surface area contributed by atoms with Crippen LogP contribution in [0.1, 0.15) is 29.1 Å². The number of anilines is 1. The lowest BCUT2D eigenvalue weighted by atomic mass is 10.1. The Morgan fingerprint density at radius 2 is 2.15 bits per heavy atom. The normalized spacial score (nSPS) is 11.1. The van der Waals surface area contributed by atoms with Crippen LogP contribution < -0.4 is 5.32 Å². The maximum Gasteiger partial charge on any atom is 0.293 e. The van der Waals surface area contributed by atoms with E-state index in [1.165, 1.54) is 22.9 Å². The minimum atomic E-state index is -0.534. The van der Waals surface area contributed by atoms with Crippen LogP contribution in [0.2, 0.25) is 0 Å². The van der Waals surface area contributed by atoms with Gasteiger partial charge in [0.1, 0.15) is 5.82 Å². The van der Waals surface area contributed by atoms with E-state index in [1.807, 2.05) is 0 Å². The van der Waals surface area contributed by atoms with E-state index in [-0.39, 0.29) is 23.1 Å². The molecule has 8 nitrogen and oxygen atoms in total. The number of amides is 1. The van der Waals surface area contributed by atoms with Gasteiger partial charge in [-0.3, -0.25) is 4.79 Å². The molecule has 0 saturated heterocycles. The Balaban J connectivity index is 1.94. The highest BCUT2D eigenvalue weighted by Crippen LogP contribution is 2.26. The van der Waals surface area contributed by atoms with Gasteiger partial charge in [-0.05, 0) is 38.8 Å². The monoisotopic (exact) mass is 368 g/mol. The first-order chi connectivity index (χ1) is 12.9. The number of oxazole rings is 1. The minimum Gasteiger partial charge on any atom is -0.436 e. The number of halogens is 1.